The van der Waals surface area contributed by atoms with Gasteiger partial charge >= 0.3 is 0 Å². The molecule has 0 aliphatic heterocycles. The lowest BCUT2D eigenvalue weighted by atomic mass is 10.3. The lowest BCUT2D eigenvalue weighted by Gasteiger charge is -1.90. The molecule has 1 aromatic heterocycles. The molecule has 0 radical (unpaired) electrons. The summed E-state index contributed by atoms with van der Waals surface area (Å²) < 4.78 is 12.8. The van der Waals surface area contributed by atoms with Gasteiger partial charge in [-0.15, -0.1) is 0 Å². The van der Waals surface area contributed by atoms with E-state index in [1.807, 2.05) is 0 Å². The van der Waals surface area contributed by atoms with E-state index in [0.717, 1.165) is 0 Å². The highest BCUT2D eigenvalue weighted by Gasteiger charge is 2.04. The Morgan fingerprint density at radius 1 is 1.53 bits per heavy atom. The number of H-pyrrole nitrogens is 1. The number of benzene rings is 1. The molecule has 0 atom stereocenters. The van der Waals surface area contributed by atoms with Crippen molar-refractivity contribution < 1.29 is 9.18 Å². The van der Waals surface area contributed by atoms with Crippen molar-refractivity contribution in [1.29, 1.82) is 0 Å². The number of rotatable bonds is 3. The van der Waals surface area contributed by atoms with Crippen LogP contribution in [0.4, 0.5) is 4.39 Å². The van der Waals surface area contributed by atoms with Gasteiger partial charge in [0.05, 0.1) is 11.0 Å². The second-order valence-electron chi connectivity index (χ2n) is 3.31. The van der Waals surface area contributed by atoms with Gasteiger partial charge in [-0.2, -0.15) is 0 Å². The number of aromatic nitrogens is 2. The predicted octanol–water partition coefficient (Wildman–Crippen LogP) is 1.12. The summed E-state index contributed by atoms with van der Waals surface area (Å²) in [6, 6.07) is 4.31. The highest BCUT2D eigenvalue weighted by Crippen LogP contribution is 2.13. The Bertz CT molecular complexity index is 506. The van der Waals surface area contributed by atoms with Crippen molar-refractivity contribution in [2.45, 2.75) is 12.8 Å². The molecule has 0 aliphatic carbocycles. The lowest BCUT2D eigenvalue weighted by Crippen LogP contribution is -2.11. The minimum absolute atomic E-state index is 0.238. The summed E-state index contributed by atoms with van der Waals surface area (Å²) >= 11 is 0. The first kappa shape index (κ1) is 9.64. The number of fused-ring (bicyclic) bond motifs is 1. The van der Waals surface area contributed by atoms with Crippen molar-refractivity contribution in [3.63, 3.8) is 0 Å². The quantitative estimate of drug-likeness (QED) is 0.791. The van der Waals surface area contributed by atoms with E-state index in [1.54, 1.807) is 6.07 Å². The Labute approximate surface area is 85.3 Å². The van der Waals surface area contributed by atoms with Gasteiger partial charge in [-0.25, -0.2) is 9.37 Å². The molecule has 1 heterocycles. The summed E-state index contributed by atoms with van der Waals surface area (Å²) in [4.78, 5) is 17.7. The lowest BCUT2D eigenvalue weighted by molar-refractivity contribution is -0.118. The molecule has 2 rings (SSSR count). The normalized spacial score (nSPS) is 10.7. The third-order valence-corrected chi connectivity index (χ3v) is 2.10. The molecule has 0 saturated carbocycles. The molecule has 0 saturated heterocycles. The molecule has 0 bridgehead atoms. The minimum Gasteiger partial charge on any atom is -0.370 e. The van der Waals surface area contributed by atoms with Crippen molar-refractivity contribution in [2.75, 3.05) is 0 Å². The van der Waals surface area contributed by atoms with Crippen LogP contribution in [0.25, 0.3) is 11.0 Å². The molecule has 4 nitrogen and oxygen atoms in total. The SMILES string of the molecule is NC(=O)CCc1nc2ccc(F)cc2[nH]1. The van der Waals surface area contributed by atoms with Gasteiger partial charge in [0.25, 0.3) is 0 Å². The average molecular weight is 207 g/mol. The third-order valence-electron chi connectivity index (χ3n) is 2.10. The molecule has 0 aliphatic rings. The molecule has 2 aromatic rings. The maximum atomic E-state index is 12.8. The molecule has 78 valence electrons. The third kappa shape index (κ3) is 2.12. The molecule has 15 heavy (non-hydrogen) atoms. The number of nitrogens with zero attached hydrogens (tertiary/aromatic N) is 1. The van der Waals surface area contributed by atoms with Gasteiger partial charge in [0.15, 0.2) is 0 Å². The number of nitrogens with two attached hydrogens (primary N) is 1. The Morgan fingerprint density at radius 2 is 2.33 bits per heavy atom. The van der Waals surface area contributed by atoms with Crippen molar-refractivity contribution >= 4 is 16.9 Å². The molecule has 1 amide bonds. The number of primary amides is 1. The Kier molecular flexibility index (Phi) is 2.37. The topological polar surface area (TPSA) is 71.8 Å². The molecule has 5 heteroatoms. The van der Waals surface area contributed by atoms with Crippen molar-refractivity contribution in [1.82, 2.24) is 9.97 Å². The minimum atomic E-state index is -0.373. The highest BCUT2D eigenvalue weighted by atomic mass is 19.1. The van der Waals surface area contributed by atoms with E-state index < -0.39 is 0 Å². The first-order valence-corrected chi connectivity index (χ1v) is 4.57. The number of carbonyl (C=O) groups is 1. The Balaban J connectivity index is 2.27. The van der Waals surface area contributed by atoms with Gasteiger partial charge in [0.1, 0.15) is 11.6 Å². The second kappa shape index (κ2) is 3.68. The predicted molar refractivity (Wildman–Crippen MR) is 53.6 cm³/mol. The second-order valence-corrected chi connectivity index (χ2v) is 3.31. The number of halogens is 1. The number of aromatic amines is 1. The Hall–Kier alpha value is -1.91. The van der Waals surface area contributed by atoms with Crippen LogP contribution in [0.5, 0.6) is 0 Å². The van der Waals surface area contributed by atoms with Gasteiger partial charge in [0, 0.05) is 12.8 Å². The fourth-order valence-corrected chi connectivity index (χ4v) is 1.39. The van der Waals surface area contributed by atoms with Gasteiger partial charge in [0.2, 0.25) is 5.91 Å². The van der Waals surface area contributed by atoms with E-state index in [0.29, 0.717) is 23.3 Å². The smallest absolute Gasteiger partial charge is 0.217 e. The zero-order chi connectivity index (χ0) is 10.8. The summed E-state index contributed by atoms with van der Waals surface area (Å²) in [6.45, 7) is 0. The zero-order valence-corrected chi connectivity index (χ0v) is 7.96. The molecular formula is C10H10FN3O. The first-order chi connectivity index (χ1) is 7.15. The van der Waals surface area contributed by atoms with Crippen LogP contribution in [0.15, 0.2) is 18.2 Å². The van der Waals surface area contributed by atoms with Crippen LogP contribution < -0.4 is 5.73 Å². The summed E-state index contributed by atoms with van der Waals surface area (Å²) in [5, 5.41) is 0. The molecule has 3 N–H and O–H groups in total. The first-order valence-electron chi connectivity index (χ1n) is 4.57. The van der Waals surface area contributed by atoms with Crippen molar-refractivity contribution in [2.24, 2.45) is 5.73 Å². The summed E-state index contributed by atoms with van der Waals surface area (Å²) in [5.74, 6) is -0.0383. The van der Waals surface area contributed by atoms with Crippen LogP contribution in [0, 0.1) is 5.82 Å². The standard InChI is InChI=1S/C10H10FN3O/c11-6-1-2-7-8(5-6)14-10(13-7)4-3-9(12)15/h1-2,5H,3-4H2,(H2,12,15)(H,13,14). The summed E-state index contributed by atoms with van der Waals surface area (Å²) in [5.41, 5.74) is 6.34. The summed E-state index contributed by atoms with van der Waals surface area (Å²) in [6.07, 6.45) is 0.688. The van der Waals surface area contributed by atoms with Gasteiger partial charge in [-0.1, -0.05) is 0 Å². The molecule has 1 aromatic carbocycles. The summed E-state index contributed by atoms with van der Waals surface area (Å²) in [7, 11) is 0. The Morgan fingerprint density at radius 3 is 3.07 bits per heavy atom. The maximum Gasteiger partial charge on any atom is 0.217 e. The fourth-order valence-electron chi connectivity index (χ4n) is 1.39. The number of amides is 1. The van der Waals surface area contributed by atoms with Crippen LogP contribution in [-0.2, 0) is 11.2 Å². The van der Waals surface area contributed by atoms with E-state index in [-0.39, 0.29) is 18.1 Å². The fraction of sp³-hybridized carbons (Fsp3) is 0.200. The number of carbonyl (C=O) groups excluding carboxylic acids is 1. The number of hydrogen-bond acceptors (Lipinski definition) is 2. The van der Waals surface area contributed by atoms with E-state index in [1.165, 1.54) is 12.1 Å². The average Bonchev–Trinajstić information content (AvgIpc) is 2.56. The number of imidazole rings is 1. The monoisotopic (exact) mass is 207 g/mol. The van der Waals surface area contributed by atoms with Crippen LogP contribution >= 0.6 is 0 Å². The van der Waals surface area contributed by atoms with Gasteiger partial charge < -0.3 is 10.7 Å². The van der Waals surface area contributed by atoms with Gasteiger partial charge in [-0.3, -0.25) is 4.79 Å². The van der Waals surface area contributed by atoms with Crippen LogP contribution in [0.2, 0.25) is 0 Å². The van der Waals surface area contributed by atoms with Crippen LogP contribution in [0.1, 0.15) is 12.2 Å². The molecule has 0 spiro atoms. The highest BCUT2D eigenvalue weighted by molar-refractivity contribution is 5.76. The van der Waals surface area contributed by atoms with Crippen LogP contribution in [0.3, 0.4) is 0 Å². The van der Waals surface area contributed by atoms with E-state index >= 15 is 0 Å². The van der Waals surface area contributed by atoms with Crippen molar-refractivity contribution in [3.05, 3.63) is 29.8 Å². The van der Waals surface area contributed by atoms with E-state index in [2.05, 4.69) is 9.97 Å². The molecule has 0 fully saturated rings. The van der Waals surface area contributed by atoms with Gasteiger partial charge in [-0.05, 0) is 18.2 Å². The number of aryl methyl sites for hydroxylation is 1. The largest absolute Gasteiger partial charge is 0.370 e. The van der Waals surface area contributed by atoms with E-state index in [4.69, 9.17) is 5.73 Å². The number of hydrogen-bond donors (Lipinski definition) is 2. The zero-order valence-electron chi connectivity index (χ0n) is 7.96. The van der Waals surface area contributed by atoms with Crippen LogP contribution in [-0.4, -0.2) is 15.9 Å². The number of nitrogens with one attached hydrogen (secondary N) is 1. The van der Waals surface area contributed by atoms with Crippen molar-refractivity contribution in [3.8, 4) is 0 Å². The van der Waals surface area contributed by atoms with E-state index in [9.17, 15) is 9.18 Å². The molecular weight excluding hydrogens is 197 g/mol. The maximum absolute atomic E-state index is 12.8. The molecule has 0 unspecified atom stereocenters.